The molecule has 1 fully saturated rings. The largest absolute Gasteiger partial charge is 0.494 e. The molecule has 1 aromatic carbocycles. The van der Waals surface area contributed by atoms with Crippen LogP contribution in [0.15, 0.2) is 29.2 Å². The Kier molecular flexibility index (Phi) is 5.21. The fourth-order valence-corrected chi connectivity index (χ4v) is 3.65. The Morgan fingerprint density at radius 1 is 1.43 bits per heavy atom. The zero-order chi connectivity index (χ0) is 15.5. The summed E-state index contributed by atoms with van der Waals surface area (Å²) < 4.78 is 37.5. The zero-order valence-corrected chi connectivity index (χ0v) is 13.2. The lowest BCUT2D eigenvalue weighted by Gasteiger charge is -2.33. The van der Waals surface area contributed by atoms with Crippen LogP contribution in [0.1, 0.15) is 13.8 Å². The molecule has 7 heteroatoms. The summed E-state index contributed by atoms with van der Waals surface area (Å²) in [7, 11) is -3.52. The van der Waals surface area contributed by atoms with Crippen LogP contribution >= 0.6 is 0 Å². The van der Waals surface area contributed by atoms with Gasteiger partial charge in [0.15, 0.2) is 0 Å². The van der Waals surface area contributed by atoms with E-state index in [1.54, 1.807) is 24.3 Å². The monoisotopic (exact) mass is 314 g/mol. The average Bonchev–Trinajstić information content (AvgIpc) is 2.48. The Labute approximate surface area is 125 Å². The molecule has 1 saturated heterocycles. The summed E-state index contributed by atoms with van der Waals surface area (Å²) in [6, 6.07) is 6.26. The number of nitrogens with zero attached hydrogens (tertiary/aromatic N) is 1. The molecule has 1 aliphatic heterocycles. The third-order valence-electron chi connectivity index (χ3n) is 3.42. The predicted octanol–water partition coefficient (Wildman–Crippen LogP) is 0.822. The van der Waals surface area contributed by atoms with Crippen molar-refractivity contribution >= 4 is 10.0 Å². The normalized spacial score (nSPS) is 22.0. The van der Waals surface area contributed by atoms with Gasteiger partial charge in [-0.05, 0) is 38.1 Å². The molecule has 1 heterocycles. The number of rotatable bonds is 5. The molecule has 1 aromatic rings. The van der Waals surface area contributed by atoms with E-state index in [1.807, 2.05) is 13.8 Å². The van der Waals surface area contributed by atoms with Crippen molar-refractivity contribution < 1.29 is 17.9 Å². The van der Waals surface area contributed by atoms with Gasteiger partial charge in [-0.15, -0.1) is 0 Å². The molecular formula is C14H22N2O4S. The number of nitrogens with two attached hydrogens (primary N) is 1. The van der Waals surface area contributed by atoms with E-state index in [-0.39, 0.29) is 23.6 Å². The minimum atomic E-state index is -3.52. The van der Waals surface area contributed by atoms with Crippen molar-refractivity contribution in [3.05, 3.63) is 24.3 Å². The Balaban J connectivity index is 2.17. The van der Waals surface area contributed by atoms with E-state index in [2.05, 4.69) is 0 Å². The summed E-state index contributed by atoms with van der Waals surface area (Å²) in [6.07, 6.45) is -0.267. The van der Waals surface area contributed by atoms with Gasteiger partial charge in [0.25, 0.3) is 0 Å². The molecule has 2 unspecified atom stereocenters. The van der Waals surface area contributed by atoms with Crippen molar-refractivity contribution in [3.8, 4) is 5.75 Å². The smallest absolute Gasteiger partial charge is 0.243 e. The van der Waals surface area contributed by atoms with Gasteiger partial charge in [0.2, 0.25) is 10.0 Å². The summed E-state index contributed by atoms with van der Waals surface area (Å²) in [5, 5.41) is 0. The van der Waals surface area contributed by atoms with E-state index in [9.17, 15) is 8.42 Å². The Morgan fingerprint density at radius 3 is 2.67 bits per heavy atom. The van der Waals surface area contributed by atoms with Crippen LogP contribution in [0.2, 0.25) is 0 Å². The molecule has 0 saturated carbocycles. The molecule has 0 spiro atoms. The number of benzene rings is 1. The average molecular weight is 314 g/mol. The fraction of sp³-hybridized carbons (Fsp3) is 0.571. The molecule has 2 rings (SSSR count). The first kappa shape index (κ1) is 16.2. The van der Waals surface area contributed by atoms with E-state index in [1.165, 1.54) is 4.31 Å². The summed E-state index contributed by atoms with van der Waals surface area (Å²) in [4.78, 5) is 0.260. The molecule has 0 radical (unpaired) electrons. The van der Waals surface area contributed by atoms with E-state index in [0.29, 0.717) is 25.5 Å². The number of hydrogen-bond donors (Lipinski definition) is 1. The molecule has 2 atom stereocenters. The lowest BCUT2D eigenvalue weighted by molar-refractivity contribution is -0.0120. The summed E-state index contributed by atoms with van der Waals surface area (Å²) in [5.74, 6) is 0.659. The Morgan fingerprint density at radius 2 is 2.10 bits per heavy atom. The van der Waals surface area contributed by atoms with Crippen molar-refractivity contribution in [2.75, 3.05) is 26.3 Å². The number of hydrogen-bond acceptors (Lipinski definition) is 5. The van der Waals surface area contributed by atoms with Crippen molar-refractivity contribution in [1.29, 1.82) is 0 Å². The van der Waals surface area contributed by atoms with Crippen molar-refractivity contribution in [2.24, 2.45) is 5.73 Å². The highest BCUT2D eigenvalue weighted by Crippen LogP contribution is 2.22. The number of sulfonamides is 1. The second-order valence-corrected chi connectivity index (χ2v) is 6.97. The molecule has 0 amide bonds. The van der Waals surface area contributed by atoms with E-state index >= 15 is 0 Å². The molecule has 0 bridgehead atoms. The molecular weight excluding hydrogens is 292 g/mol. The first-order valence-corrected chi connectivity index (χ1v) is 8.49. The van der Waals surface area contributed by atoms with Gasteiger partial charge in [-0.2, -0.15) is 4.31 Å². The standard InChI is InChI=1S/C14H22N2O4S/c1-3-19-12-4-6-13(7-5-12)21(17,18)16-8-9-20-14(10-16)11(2)15/h4-7,11,14H,3,8-10,15H2,1-2H3. The third kappa shape index (κ3) is 3.74. The van der Waals surface area contributed by atoms with Crippen LogP contribution in [-0.4, -0.2) is 51.2 Å². The van der Waals surface area contributed by atoms with Crippen LogP contribution in [0, 0.1) is 0 Å². The lowest BCUT2D eigenvalue weighted by Crippen LogP contribution is -2.51. The zero-order valence-electron chi connectivity index (χ0n) is 12.4. The van der Waals surface area contributed by atoms with Gasteiger partial charge in [0.1, 0.15) is 5.75 Å². The van der Waals surface area contributed by atoms with Gasteiger partial charge in [0, 0.05) is 19.1 Å². The van der Waals surface area contributed by atoms with Crippen molar-refractivity contribution in [2.45, 2.75) is 30.9 Å². The minimum absolute atomic E-state index is 0.205. The van der Waals surface area contributed by atoms with Gasteiger partial charge in [-0.3, -0.25) is 0 Å². The molecule has 0 aromatic heterocycles. The first-order valence-electron chi connectivity index (χ1n) is 7.05. The second kappa shape index (κ2) is 6.74. The SMILES string of the molecule is CCOc1ccc(S(=O)(=O)N2CCOC(C(C)N)C2)cc1. The van der Waals surface area contributed by atoms with E-state index in [0.717, 1.165) is 0 Å². The van der Waals surface area contributed by atoms with Crippen LogP contribution in [0.3, 0.4) is 0 Å². The van der Waals surface area contributed by atoms with Crippen molar-refractivity contribution in [1.82, 2.24) is 4.31 Å². The number of ether oxygens (including phenoxy) is 2. The van der Waals surface area contributed by atoms with Crippen LogP contribution in [-0.2, 0) is 14.8 Å². The second-order valence-electron chi connectivity index (χ2n) is 5.04. The molecule has 1 aliphatic rings. The Hall–Kier alpha value is -1.15. The highest BCUT2D eigenvalue weighted by molar-refractivity contribution is 7.89. The summed E-state index contributed by atoms with van der Waals surface area (Å²) in [5.41, 5.74) is 5.80. The highest BCUT2D eigenvalue weighted by Gasteiger charge is 2.32. The maximum absolute atomic E-state index is 12.6. The van der Waals surface area contributed by atoms with Gasteiger partial charge in [-0.1, -0.05) is 0 Å². The fourth-order valence-electron chi connectivity index (χ4n) is 2.21. The number of morpholine rings is 1. The van der Waals surface area contributed by atoms with Crippen molar-refractivity contribution in [3.63, 3.8) is 0 Å². The highest BCUT2D eigenvalue weighted by atomic mass is 32.2. The van der Waals surface area contributed by atoms with Crippen LogP contribution in [0.4, 0.5) is 0 Å². The summed E-state index contributed by atoms with van der Waals surface area (Å²) >= 11 is 0. The molecule has 21 heavy (non-hydrogen) atoms. The summed E-state index contributed by atoms with van der Waals surface area (Å²) in [6.45, 7) is 5.24. The van der Waals surface area contributed by atoms with Crippen LogP contribution < -0.4 is 10.5 Å². The molecule has 118 valence electrons. The first-order chi connectivity index (χ1) is 9.95. The quantitative estimate of drug-likeness (QED) is 0.870. The predicted molar refractivity (Wildman–Crippen MR) is 79.8 cm³/mol. The maximum atomic E-state index is 12.6. The molecule has 6 nitrogen and oxygen atoms in total. The topological polar surface area (TPSA) is 81.9 Å². The van der Waals surface area contributed by atoms with Gasteiger partial charge in [0.05, 0.1) is 24.2 Å². The maximum Gasteiger partial charge on any atom is 0.243 e. The lowest BCUT2D eigenvalue weighted by atomic mass is 10.2. The van der Waals surface area contributed by atoms with E-state index < -0.39 is 10.0 Å². The van der Waals surface area contributed by atoms with Crippen LogP contribution in [0.5, 0.6) is 5.75 Å². The van der Waals surface area contributed by atoms with Crippen LogP contribution in [0.25, 0.3) is 0 Å². The third-order valence-corrected chi connectivity index (χ3v) is 5.29. The molecule has 2 N–H and O–H groups in total. The van der Waals surface area contributed by atoms with E-state index in [4.69, 9.17) is 15.2 Å². The van der Waals surface area contributed by atoms with Gasteiger partial charge < -0.3 is 15.2 Å². The minimum Gasteiger partial charge on any atom is -0.494 e. The molecule has 0 aliphatic carbocycles. The van der Waals surface area contributed by atoms with Gasteiger partial charge >= 0.3 is 0 Å². The Bertz CT molecular complexity index is 557. The van der Waals surface area contributed by atoms with Gasteiger partial charge in [-0.25, -0.2) is 8.42 Å².